The molecule has 0 bridgehead atoms. The first-order chi connectivity index (χ1) is 9.91. The SMILES string of the molecule is CCCCCCC(O)CCC(CCCCCC)S(=O)(=O)O. The molecular weight excluding hydrogens is 288 g/mol. The average molecular weight is 323 g/mol. The summed E-state index contributed by atoms with van der Waals surface area (Å²) in [5, 5.41) is 9.19. The molecule has 0 amide bonds. The van der Waals surface area contributed by atoms with E-state index >= 15 is 0 Å². The molecular formula is C16H34O4S. The summed E-state index contributed by atoms with van der Waals surface area (Å²) in [4.78, 5) is 0. The number of hydrogen-bond donors (Lipinski definition) is 2. The van der Waals surface area contributed by atoms with Gasteiger partial charge in [-0.05, 0) is 25.7 Å². The Kier molecular flexibility index (Phi) is 12.3. The summed E-state index contributed by atoms with van der Waals surface area (Å²) in [7, 11) is -3.99. The highest BCUT2D eigenvalue weighted by Gasteiger charge is 2.23. The first-order valence-electron chi connectivity index (χ1n) is 8.56. The van der Waals surface area contributed by atoms with E-state index < -0.39 is 21.5 Å². The van der Waals surface area contributed by atoms with Gasteiger partial charge in [0.2, 0.25) is 0 Å². The summed E-state index contributed by atoms with van der Waals surface area (Å²) in [5.74, 6) is 0. The number of aliphatic hydroxyl groups is 1. The minimum atomic E-state index is -3.99. The number of rotatable bonds is 14. The molecule has 0 aromatic rings. The third kappa shape index (κ3) is 12.1. The molecule has 0 heterocycles. The Labute approximate surface area is 131 Å². The third-order valence-electron chi connectivity index (χ3n) is 4.01. The number of aliphatic hydroxyl groups excluding tert-OH is 1. The van der Waals surface area contributed by atoms with E-state index in [1.165, 1.54) is 12.8 Å². The lowest BCUT2D eigenvalue weighted by Gasteiger charge is -2.16. The molecule has 2 unspecified atom stereocenters. The van der Waals surface area contributed by atoms with E-state index in [9.17, 15) is 18.1 Å². The maximum Gasteiger partial charge on any atom is 0.267 e. The predicted octanol–water partition coefficient (Wildman–Crippen LogP) is 4.32. The molecule has 0 fully saturated rings. The standard InChI is InChI=1S/C16H34O4S/c1-3-5-7-9-11-15(17)13-14-16(21(18,19)20)12-10-8-6-4-2/h15-17H,3-14H2,1-2H3,(H,18,19,20). The van der Waals surface area contributed by atoms with Gasteiger partial charge in [0.15, 0.2) is 0 Å². The van der Waals surface area contributed by atoms with Crippen molar-refractivity contribution in [3.63, 3.8) is 0 Å². The highest BCUT2D eigenvalue weighted by molar-refractivity contribution is 7.86. The molecule has 0 aromatic heterocycles. The van der Waals surface area contributed by atoms with Gasteiger partial charge in [-0.15, -0.1) is 0 Å². The topological polar surface area (TPSA) is 74.6 Å². The van der Waals surface area contributed by atoms with Gasteiger partial charge in [-0.3, -0.25) is 4.55 Å². The normalized spacial score (nSPS) is 15.0. The minimum absolute atomic E-state index is 0.361. The van der Waals surface area contributed by atoms with Gasteiger partial charge in [0, 0.05) is 0 Å². The highest BCUT2D eigenvalue weighted by Crippen LogP contribution is 2.19. The fraction of sp³-hybridized carbons (Fsp3) is 1.00. The number of unbranched alkanes of at least 4 members (excludes halogenated alkanes) is 6. The molecule has 0 saturated carbocycles. The summed E-state index contributed by atoms with van der Waals surface area (Å²) >= 11 is 0. The van der Waals surface area contributed by atoms with Crippen molar-refractivity contribution in [2.45, 2.75) is 102 Å². The first-order valence-corrected chi connectivity index (χ1v) is 10.1. The van der Waals surface area contributed by atoms with E-state index in [-0.39, 0.29) is 0 Å². The lowest BCUT2D eigenvalue weighted by atomic mass is 10.0. The Bertz CT molecular complexity index is 327. The van der Waals surface area contributed by atoms with Crippen molar-refractivity contribution < 1.29 is 18.1 Å². The molecule has 128 valence electrons. The van der Waals surface area contributed by atoms with Crippen molar-refractivity contribution in [2.75, 3.05) is 0 Å². The van der Waals surface area contributed by atoms with Gasteiger partial charge in [-0.25, -0.2) is 0 Å². The average Bonchev–Trinajstić information content (AvgIpc) is 2.41. The third-order valence-corrected chi connectivity index (χ3v) is 5.33. The van der Waals surface area contributed by atoms with Crippen LogP contribution in [-0.4, -0.2) is 29.4 Å². The molecule has 0 saturated heterocycles. The van der Waals surface area contributed by atoms with E-state index in [4.69, 9.17) is 0 Å². The molecule has 0 aliphatic carbocycles. The van der Waals surface area contributed by atoms with Gasteiger partial charge in [-0.2, -0.15) is 8.42 Å². The van der Waals surface area contributed by atoms with Gasteiger partial charge in [0.1, 0.15) is 0 Å². The molecule has 0 rings (SSSR count). The maximum absolute atomic E-state index is 11.4. The summed E-state index contributed by atoms with van der Waals surface area (Å²) in [6.07, 6.45) is 10.1. The lowest BCUT2D eigenvalue weighted by Crippen LogP contribution is -2.22. The smallest absolute Gasteiger partial charge is 0.267 e. The minimum Gasteiger partial charge on any atom is -0.393 e. The summed E-state index contributed by atoms with van der Waals surface area (Å²) < 4.78 is 32.0. The second-order valence-corrected chi connectivity index (χ2v) is 7.76. The second-order valence-electron chi connectivity index (χ2n) is 6.07. The van der Waals surface area contributed by atoms with Crippen LogP contribution in [0.5, 0.6) is 0 Å². The summed E-state index contributed by atoms with van der Waals surface area (Å²) in [5.41, 5.74) is 0. The van der Waals surface area contributed by atoms with E-state index in [0.29, 0.717) is 19.3 Å². The van der Waals surface area contributed by atoms with Crippen LogP contribution in [0.2, 0.25) is 0 Å². The lowest BCUT2D eigenvalue weighted by molar-refractivity contribution is 0.147. The van der Waals surface area contributed by atoms with Crippen LogP contribution in [0.15, 0.2) is 0 Å². The molecule has 0 radical (unpaired) electrons. The van der Waals surface area contributed by atoms with E-state index in [0.717, 1.165) is 44.9 Å². The molecule has 2 atom stereocenters. The van der Waals surface area contributed by atoms with E-state index in [1.807, 2.05) is 0 Å². The van der Waals surface area contributed by atoms with Gasteiger partial charge in [-0.1, -0.05) is 65.2 Å². The van der Waals surface area contributed by atoms with Crippen molar-refractivity contribution in [2.24, 2.45) is 0 Å². The van der Waals surface area contributed by atoms with Crippen LogP contribution < -0.4 is 0 Å². The summed E-state index contributed by atoms with van der Waals surface area (Å²) in [6.45, 7) is 4.25. The van der Waals surface area contributed by atoms with Crippen LogP contribution in [0.1, 0.15) is 90.9 Å². The molecule has 0 aliphatic rings. The van der Waals surface area contributed by atoms with Crippen molar-refractivity contribution in [3.8, 4) is 0 Å². The van der Waals surface area contributed by atoms with Gasteiger partial charge < -0.3 is 5.11 Å². The van der Waals surface area contributed by atoms with Crippen LogP contribution in [0.4, 0.5) is 0 Å². The zero-order valence-corrected chi connectivity index (χ0v) is 14.6. The second kappa shape index (κ2) is 12.4. The maximum atomic E-state index is 11.4. The van der Waals surface area contributed by atoms with Crippen LogP contribution in [0, 0.1) is 0 Å². The first kappa shape index (κ1) is 20.9. The van der Waals surface area contributed by atoms with Crippen LogP contribution >= 0.6 is 0 Å². The van der Waals surface area contributed by atoms with Gasteiger partial charge in [0.25, 0.3) is 10.1 Å². The van der Waals surface area contributed by atoms with Crippen LogP contribution in [-0.2, 0) is 10.1 Å². The quantitative estimate of drug-likeness (QED) is 0.369. The zero-order valence-electron chi connectivity index (χ0n) is 13.8. The van der Waals surface area contributed by atoms with E-state index in [1.54, 1.807) is 0 Å². The molecule has 5 heteroatoms. The predicted molar refractivity (Wildman–Crippen MR) is 88.1 cm³/mol. The Morgan fingerprint density at radius 2 is 1.29 bits per heavy atom. The Hall–Kier alpha value is -0.130. The van der Waals surface area contributed by atoms with Crippen molar-refractivity contribution in [1.29, 1.82) is 0 Å². The largest absolute Gasteiger partial charge is 0.393 e. The monoisotopic (exact) mass is 322 g/mol. The zero-order chi connectivity index (χ0) is 16.1. The Morgan fingerprint density at radius 1 is 0.762 bits per heavy atom. The fourth-order valence-electron chi connectivity index (χ4n) is 2.57. The highest BCUT2D eigenvalue weighted by atomic mass is 32.2. The van der Waals surface area contributed by atoms with Gasteiger partial charge in [0.05, 0.1) is 11.4 Å². The molecule has 21 heavy (non-hydrogen) atoms. The molecule has 2 N–H and O–H groups in total. The molecule has 4 nitrogen and oxygen atoms in total. The van der Waals surface area contributed by atoms with Crippen molar-refractivity contribution >= 4 is 10.1 Å². The van der Waals surface area contributed by atoms with Crippen LogP contribution in [0.3, 0.4) is 0 Å². The fourth-order valence-corrected chi connectivity index (χ4v) is 3.47. The molecule has 0 aromatic carbocycles. The van der Waals surface area contributed by atoms with Crippen molar-refractivity contribution in [1.82, 2.24) is 0 Å². The molecule has 0 aliphatic heterocycles. The summed E-state index contributed by atoms with van der Waals surface area (Å²) in [6, 6.07) is 0. The number of hydrogen-bond acceptors (Lipinski definition) is 3. The Balaban J connectivity index is 4.00. The van der Waals surface area contributed by atoms with E-state index in [2.05, 4.69) is 13.8 Å². The van der Waals surface area contributed by atoms with Gasteiger partial charge >= 0.3 is 0 Å². The molecule has 0 spiro atoms. The van der Waals surface area contributed by atoms with Crippen molar-refractivity contribution in [3.05, 3.63) is 0 Å². The Morgan fingerprint density at radius 3 is 1.76 bits per heavy atom. The van der Waals surface area contributed by atoms with Crippen LogP contribution in [0.25, 0.3) is 0 Å².